The molecule has 1 N–H and O–H groups in total. The van der Waals surface area contributed by atoms with E-state index in [9.17, 15) is 9.59 Å². The van der Waals surface area contributed by atoms with Gasteiger partial charge in [-0.3, -0.25) is 14.2 Å². The van der Waals surface area contributed by atoms with Gasteiger partial charge >= 0.3 is 0 Å². The molecule has 5 aromatic rings. The highest BCUT2D eigenvalue weighted by atomic mass is 32.2. The zero-order valence-electron chi connectivity index (χ0n) is 16.7. The first-order valence-electron chi connectivity index (χ1n) is 9.73. The van der Waals surface area contributed by atoms with E-state index in [2.05, 4.69) is 9.97 Å². The maximum absolute atomic E-state index is 13.2. The smallest absolute Gasteiger partial charge is 0.262 e. The van der Waals surface area contributed by atoms with Gasteiger partial charge in [-0.1, -0.05) is 36.0 Å². The van der Waals surface area contributed by atoms with Gasteiger partial charge in [-0.25, -0.2) is 9.97 Å². The molecular formula is C23H18N4O3S. The molecule has 31 heavy (non-hydrogen) atoms. The van der Waals surface area contributed by atoms with E-state index in [1.165, 1.54) is 11.8 Å². The van der Waals surface area contributed by atoms with Crippen LogP contribution >= 0.6 is 11.8 Å². The second-order valence-electron chi connectivity index (χ2n) is 7.15. The summed E-state index contributed by atoms with van der Waals surface area (Å²) >= 11 is 1.35. The standard InChI is InChI=1S/C23H18N4O3S/c1-14-6-4-9-17-20(14)25-19(26-21(17)28)13-31-23-24-18-10-3-2-8-16(18)22(29)27(23)12-15-7-5-11-30-15/h2-11H,12-13H2,1H3,(H,25,26,28). The Morgan fingerprint density at radius 2 is 1.84 bits per heavy atom. The van der Waals surface area contributed by atoms with Gasteiger partial charge in [0.2, 0.25) is 0 Å². The van der Waals surface area contributed by atoms with Gasteiger partial charge in [-0.05, 0) is 42.8 Å². The summed E-state index contributed by atoms with van der Waals surface area (Å²) in [5.41, 5.74) is 1.93. The lowest BCUT2D eigenvalue weighted by atomic mass is 10.1. The molecule has 2 aromatic carbocycles. The van der Waals surface area contributed by atoms with Crippen molar-refractivity contribution in [3.63, 3.8) is 0 Å². The third kappa shape index (κ3) is 3.66. The largest absolute Gasteiger partial charge is 0.467 e. The van der Waals surface area contributed by atoms with Crippen LogP contribution < -0.4 is 11.1 Å². The summed E-state index contributed by atoms with van der Waals surface area (Å²) in [5, 5.41) is 1.64. The maximum Gasteiger partial charge on any atom is 0.262 e. The molecular weight excluding hydrogens is 412 g/mol. The summed E-state index contributed by atoms with van der Waals surface area (Å²) in [7, 11) is 0. The number of nitrogens with zero attached hydrogens (tertiary/aromatic N) is 3. The number of thioether (sulfide) groups is 1. The molecule has 0 fully saturated rings. The quantitative estimate of drug-likeness (QED) is 0.336. The normalized spacial score (nSPS) is 11.4. The Labute approximate surface area is 180 Å². The number of fused-ring (bicyclic) bond motifs is 2. The summed E-state index contributed by atoms with van der Waals surface area (Å²) in [6.07, 6.45) is 1.58. The fraction of sp³-hybridized carbons (Fsp3) is 0.130. The van der Waals surface area contributed by atoms with Crippen molar-refractivity contribution in [3.8, 4) is 0 Å². The van der Waals surface area contributed by atoms with Crippen molar-refractivity contribution in [1.82, 2.24) is 19.5 Å². The topological polar surface area (TPSA) is 93.8 Å². The van der Waals surface area contributed by atoms with E-state index >= 15 is 0 Å². The molecule has 0 radical (unpaired) electrons. The van der Waals surface area contributed by atoms with Crippen molar-refractivity contribution in [2.75, 3.05) is 0 Å². The maximum atomic E-state index is 13.2. The van der Waals surface area contributed by atoms with Crippen LogP contribution in [0, 0.1) is 6.92 Å². The first kappa shape index (κ1) is 19.3. The fourth-order valence-corrected chi connectivity index (χ4v) is 4.38. The van der Waals surface area contributed by atoms with Crippen LogP contribution in [-0.4, -0.2) is 19.5 Å². The highest BCUT2D eigenvalue weighted by molar-refractivity contribution is 7.98. The molecule has 5 rings (SSSR count). The summed E-state index contributed by atoms with van der Waals surface area (Å²) < 4.78 is 7.04. The Morgan fingerprint density at radius 3 is 2.68 bits per heavy atom. The Kier molecular flexibility index (Phi) is 4.91. The second kappa shape index (κ2) is 7.88. The Balaban J connectivity index is 1.55. The number of benzene rings is 2. The van der Waals surface area contributed by atoms with Crippen LogP contribution in [0.1, 0.15) is 17.1 Å². The van der Waals surface area contributed by atoms with Gasteiger partial charge < -0.3 is 9.40 Å². The summed E-state index contributed by atoms with van der Waals surface area (Å²) in [5.74, 6) is 1.56. The van der Waals surface area contributed by atoms with Gasteiger partial charge in [0.1, 0.15) is 11.6 Å². The minimum absolute atomic E-state index is 0.139. The van der Waals surface area contributed by atoms with Gasteiger partial charge in [0, 0.05) is 0 Å². The predicted octanol–water partition coefficient (Wildman–Crippen LogP) is 3.88. The second-order valence-corrected chi connectivity index (χ2v) is 8.10. The first-order chi connectivity index (χ1) is 15.1. The fourth-order valence-electron chi connectivity index (χ4n) is 3.51. The summed E-state index contributed by atoms with van der Waals surface area (Å²) in [6.45, 7) is 2.20. The van der Waals surface area contributed by atoms with Crippen LogP contribution in [0.3, 0.4) is 0 Å². The molecule has 0 bridgehead atoms. The molecule has 154 valence electrons. The van der Waals surface area contributed by atoms with E-state index in [1.54, 1.807) is 29.0 Å². The number of aromatic amines is 1. The molecule has 0 unspecified atom stereocenters. The number of H-pyrrole nitrogens is 1. The lowest BCUT2D eigenvalue weighted by molar-refractivity contribution is 0.476. The van der Waals surface area contributed by atoms with Gasteiger partial charge in [0.05, 0.1) is 40.4 Å². The van der Waals surface area contributed by atoms with Crippen LogP contribution in [-0.2, 0) is 12.3 Å². The first-order valence-corrected chi connectivity index (χ1v) is 10.7. The van der Waals surface area contributed by atoms with E-state index in [0.29, 0.717) is 44.3 Å². The number of aromatic nitrogens is 4. The molecule has 0 aliphatic carbocycles. The number of aryl methyl sites for hydroxylation is 1. The van der Waals surface area contributed by atoms with Crippen LogP contribution in [0.25, 0.3) is 21.8 Å². The van der Waals surface area contributed by atoms with Crippen LogP contribution in [0.15, 0.2) is 80.0 Å². The van der Waals surface area contributed by atoms with E-state index in [4.69, 9.17) is 9.40 Å². The van der Waals surface area contributed by atoms with Gasteiger partial charge in [-0.2, -0.15) is 0 Å². The molecule has 3 aromatic heterocycles. The third-order valence-electron chi connectivity index (χ3n) is 5.05. The Hall–Kier alpha value is -3.65. The highest BCUT2D eigenvalue weighted by Gasteiger charge is 2.14. The molecule has 0 atom stereocenters. The highest BCUT2D eigenvalue weighted by Crippen LogP contribution is 2.22. The van der Waals surface area contributed by atoms with Crippen molar-refractivity contribution in [2.45, 2.75) is 24.4 Å². The monoisotopic (exact) mass is 430 g/mol. The number of hydrogen-bond donors (Lipinski definition) is 1. The molecule has 0 saturated heterocycles. The molecule has 0 spiro atoms. The minimum atomic E-state index is -0.177. The van der Waals surface area contributed by atoms with Crippen LogP contribution in [0.4, 0.5) is 0 Å². The summed E-state index contributed by atoms with van der Waals surface area (Å²) in [6, 6.07) is 16.4. The number of hydrogen-bond acceptors (Lipinski definition) is 6. The van der Waals surface area contributed by atoms with Crippen molar-refractivity contribution in [3.05, 3.63) is 98.7 Å². The van der Waals surface area contributed by atoms with Gasteiger partial charge in [0.15, 0.2) is 5.16 Å². The number of rotatable bonds is 5. The van der Waals surface area contributed by atoms with E-state index in [1.807, 2.05) is 43.3 Å². The van der Waals surface area contributed by atoms with Crippen LogP contribution in [0.2, 0.25) is 0 Å². The molecule has 7 nitrogen and oxygen atoms in total. The number of para-hydroxylation sites is 2. The van der Waals surface area contributed by atoms with Gasteiger partial charge in [0.25, 0.3) is 11.1 Å². The average Bonchev–Trinajstić information content (AvgIpc) is 3.29. The van der Waals surface area contributed by atoms with Gasteiger partial charge in [-0.15, -0.1) is 0 Å². The molecule has 0 amide bonds. The Morgan fingerprint density at radius 1 is 1.00 bits per heavy atom. The lowest BCUT2D eigenvalue weighted by Gasteiger charge is -2.12. The van der Waals surface area contributed by atoms with E-state index in [0.717, 1.165) is 5.56 Å². The van der Waals surface area contributed by atoms with Crippen molar-refractivity contribution in [1.29, 1.82) is 0 Å². The molecule has 0 saturated carbocycles. The summed E-state index contributed by atoms with van der Waals surface area (Å²) in [4.78, 5) is 37.8. The van der Waals surface area contributed by atoms with Crippen molar-refractivity contribution in [2.24, 2.45) is 0 Å². The number of furan rings is 1. The number of nitrogens with one attached hydrogen (secondary N) is 1. The zero-order valence-corrected chi connectivity index (χ0v) is 17.5. The lowest BCUT2D eigenvalue weighted by Crippen LogP contribution is -2.24. The molecule has 0 aliphatic rings. The zero-order chi connectivity index (χ0) is 21.4. The van der Waals surface area contributed by atoms with Crippen LogP contribution in [0.5, 0.6) is 0 Å². The molecule has 0 aliphatic heterocycles. The SMILES string of the molecule is Cc1cccc2c(=O)[nH]c(CSc3nc4ccccc4c(=O)n3Cc3ccco3)nc12. The van der Waals surface area contributed by atoms with Crippen molar-refractivity contribution < 1.29 is 4.42 Å². The van der Waals surface area contributed by atoms with E-state index in [-0.39, 0.29) is 17.7 Å². The minimum Gasteiger partial charge on any atom is -0.467 e. The third-order valence-corrected chi connectivity index (χ3v) is 6.03. The molecule has 8 heteroatoms. The van der Waals surface area contributed by atoms with E-state index < -0.39 is 0 Å². The average molecular weight is 430 g/mol. The predicted molar refractivity (Wildman–Crippen MR) is 120 cm³/mol. The van der Waals surface area contributed by atoms with Crippen molar-refractivity contribution >= 4 is 33.6 Å². The Bertz CT molecular complexity index is 1520. The molecule has 3 heterocycles.